The van der Waals surface area contributed by atoms with Crippen molar-refractivity contribution < 1.29 is 9.90 Å². The Morgan fingerprint density at radius 3 is 3.12 bits per heavy atom. The number of nitrogens with zero attached hydrogens (tertiary/aromatic N) is 2. The molecule has 1 atom stereocenters. The number of hydrogen-bond donors (Lipinski definition) is 2. The van der Waals surface area contributed by atoms with Gasteiger partial charge in [-0.15, -0.1) is 0 Å². The van der Waals surface area contributed by atoms with Crippen molar-refractivity contribution in [2.45, 2.75) is 32.2 Å². The first-order chi connectivity index (χ1) is 8.13. The van der Waals surface area contributed by atoms with Gasteiger partial charge in [-0.2, -0.15) is 5.26 Å². The first-order valence-electron chi connectivity index (χ1n) is 5.47. The standard InChI is InChI=1S/C12H15N3O2/c1-9(4-2-6-11(16)17)15-12-10(8-13)5-3-7-14-12/h3,5,7,9H,2,4,6H2,1H3,(H,14,15)(H,16,17). The highest BCUT2D eigenvalue weighted by molar-refractivity contribution is 5.66. The maximum absolute atomic E-state index is 10.4. The zero-order valence-electron chi connectivity index (χ0n) is 9.68. The predicted molar refractivity (Wildman–Crippen MR) is 63.5 cm³/mol. The molecule has 0 aromatic carbocycles. The van der Waals surface area contributed by atoms with E-state index in [4.69, 9.17) is 10.4 Å². The minimum atomic E-state index is -0.784. The highest BCUT2D eigenvalue weighted by Crippen LogP contribution is 2.13. The predicted octanol–water partition coefficient (Wildman–Crippen LogP) is 2.01. The van der Waals surface area contributed by atoms with E-state index in [1.165, 1.54) is 0 Å². The lowest BCUT2D eigenvalue weighted by Crippen LogP contribution is -2.17. The van der Waals surface area contributed by atoms with E-state index in [-0.39, 0.29) is 12.5 Å². The molecule has 0 saturated heterocycles. The van der Waals surface area contributed by atoms with Crippen molar-refractivity contribution in [1.29, 1.82) is 5.26 Å². The molecular formula is C12H15N3O2. The zero-order valence-corrected chi connectivity index (χ0v) is 9.68. The molecule has 1 rings (SSSR count). The molecule has 0 radical (unpaired) electrons. The Bertz CT molecular complexity index is 426. The van der Waals surface area contributed by atoms with E-state index in [1.807, 2.05) is 6.92 Å². The van der Waals surface area contributed by atoms with Gasteiger partial charge in [0.2, 0.25) is 0 Å². The van der Waals surface area contributed by atoms with Crippen LogP contribution in [0.5, 0.6) is 0 Å². The van der Waals surface area contributed by atoms with Gasteiger partial charge in [0.15, 0.2) is 0 Å². The molecule has 0 aliphatic carbocycles. The Morgan fingerprint density at radius 2 is 2.47 bits per heavy atom. The zero-order chi connectivity index (χ0) is 12.7. The third kappa shape index (κ3) is 4.51. The molecule has 1 unspecified atom stereocenters. The smallest absolute Gasteiger partial charge is 0.303 e. The molecule has 17 heavy (non-hydrogen) atoms. The molecule has 5 heteroatoms. The van der Waals surface area contributed by atoms with Gasteiger partial charge in [-0.1, -0.05) is 0 Å². The van der Waals surface area contributed by atoms with Crippen molar-refractivity contribution in [3.8, 4) is 6.07 Å². The third-order valence-electron chi connectivity index (χ3n) is 2.34. The summed E-state index contributed by atoms with van der Waals surface area (Å²) in [6.07, 6.45) is 3.12. The Hall–Kier alpha value is -2.09. The van der Waals surface area contributed by atoms with E-state index in [2.05, 4.69) is 16.4 Å². The number of nitrogens with one attached hydrogen (secondary N) is 1. The van der Waals surface area contributed by atoms with Gasteiger partial charge in [-0.3, -0.25) is 4.79 Å². The van der Waals surface area contributed by atoms with Crippen molar-refractivity contribution in [2.75, 3.05) is 5.32 Å². The quantitative estimate of drug-likeness (QED) is 0.784. The van der Waals surface area contributed by atoms with Crippen LogP contribution in [0.15, 0.2) is 18.3 Å². The fraction of sp³-hybridized carbons (Fsp3) is 0.417. The summed E-state index contributed by atoms with van der Waals surface area (Å²) in [5.41, 5.74) is 0.498. The topological polar surface area (TPSA) is 86.0 Å². The van der Waals surface area contributed by atoms with Crippen molar-refractivity contribution >= 4 is 11.8 Å². The molecule has 1 aromatic heterocycles. The Balaban J connectivity index is 2.48. The van der Waals surface area contributed by atoms with Gasteiger partial charge in [-0.25, -0.2) is 4.98 Å². The van der Waals surface area contributed by atoms with Crippen molar-refractivity contribution in [3.05, 3.63) is 23.9 Å². The van der Waals surface area contributed by atoms with E-state index >= 15 is 0 Å². The summed E-state index contributed by atoms with van der Waals surface area (Å²) in [6.45, 7) is 1.94. The lowest BCUT2D eigenvalue weighted by molar-refractivity contribution is -0.137. The molecule has 0 bridgehead atoms. The average molecular weight is 233 g/mol. The van der Waals surface area contributed by atoms with Crippen LogP contribution in [0.3, 0.4) is 0 Å². The van der Waals surface area contributed by atoms with Crippen LogP contribution in [0, 0.1) is 11.3 Å². The maximum atomic E-state index is 10.4. The highest BCUT2D eigenvalue weighted by Gasteiger charge is 2.07. The number of pyridine rings is 1. The molecule has 1 heterocycles. The van der Waals surface area contributed by atoms with Crippen LogP contribution in [-0.4, -0.2) is 22.1 Å². The van der Waals surface area contributed by atoms with Gasteiger partial charge in [-0.05, 0) is 31.9 Å². The second-order valence-electron chi connectivity index (χ2n) is 3.84. The first-order valence-corrected chi connectivity index (χ1v) is 5.47. The summed E-state index contributed by atoms with van der Waals surface area (Å²) in [6, 6.07) is 5.55. The van der Waals surface area contributed by atoms with Gasteiger partial charge >= 0.3 is 5.97 Å². The molecular weight excluding hydrogens is 218 g/mol. The van der Waals surface area contributed by atoms with E-state index in [0.29, 0.717) is 17.8 Å². The molecule has 1 aromatic rings. The molecule has 5 nitrogen and oxygen atoms in total. The molecule has 0 aliphatic rings. The minimum absolute atomic E-state index is 0.0938. The van der Waals surface area contributed by atoms with E-state index in [0.717, 1.165) is 6.42 Å². The fourth-order valence-corrected chi connectivity index (χ4v) is 1.48. The Kier molecular flexibility index (Phi) is 4.95. The number of aromatic nitrogens is 1. The van der Waals surface area contributed by atoms with Gasteiger partial charge < -0.3 is 10.4 Å². The van der Waals surface area contributed by atoms with Crippen LogP contribution in [0.4, 0.5) is 5.82 Å². The molecule has 0 aliphatic heterocycles. The molecule has 0 spiro atoms. The van der Waals surface area contributed by atoms with E-state index in [9.17, 15) is 4.79 Å². The second-order valence-corrected chi connectivity index (χ2v) is 3.84. The van der Waals surface area contributed by atoms with Gasteiger partial charge in [0.1, 0.15) is 11.9 Å². The van der Waals surface area contributed by atoms with Crippen LogP contribution in [0.25, 0.3) is 0 Å². The van der Waals surface area contributed by atoms with Crippen molar-refractivity contribution in [1.82, 2.24) is 4.98 Å². The molecule has 2 N–H and O–H groups in total. The number of carboxylic acids is 1. The monoisotopic (exact) mass is 233 g/mol. The summed E-state index contributed by atoms with van der Waals surface area (Å²) in [7, 11) is 0. The van der Waals surface area contributed by atoms with Crippen LogP contribution in [0.1, 0.15) is 31.7 Å². The SMILES string of the molecule is CC(CCCC(=O)O)Nc1ncccc1C#N. The van der Waals surface area contributed by atoms with E-state index in [1.54, 1.807) is 18.3 Å². The van der Waals surface area contributed by atoms with Crippen molar-refractivity contribution in [2.24, 2.45) is 0 Å². The molecule has 0 amide bonds. The van der Waals surface area contributed by atoms with E-state index < -0.39 is 5.97 Å². The molecule has 0 saturated carbocycles. The fourth-order valence-electron chi connectivity index (χ4n) is 1.48. The second kappa shape index (κ2) is 6.48. The number of anilines is 1. The average Bonchev–Trinajstić information content (AvgIpc) is 2.29. The molecule has 90 valence electrons. The van der Waals surface area contributed by atoms with Crippen LogP contribution in [-0.2, 0) is 4.79 Å². The number of rotatable bonds is 6. The number of aliphatic carboxylic acids is 1. The Labute approximate surface area is 100 Å². The number of carbonyl (C=O) groups is 1. The first kappa shape index (κ1) is 13.0. The summed E-state index contributed by atoms with van der Waals surface area (Å²) in [5.74, 6) is -0.231. The lowest BCUT2D eigenvalue weighted by atomic mass is 10.1. The number of hydrogen-bond acceptors (Lipinski definition) is 4. The largest absolute Gasteiger partial charge is 0.481 e. The minimum Gasteiger partial charge on any atom is -0.481 e. The third-order valence-corrected chi connectivity index (χ3v) is 2.34. The molecule has 0 fully saturated rings. The van der Waals surface area contributed by atoms with Crippen LogP contribution < -0.4 is 5.32 Å². The number of carboxylic acid groups (broad SMARTS) is 1. The van der Waals surface area contributed by atoms with Crippen LogP contribution >= 0.6 is 0 Å². The number of nitriles is 1. The highest BCUT2D eigenvalue weighted by atomic mass is 16.4. The normalized spacial score (nSPS) is 11.5. The van der Waals surface area contributed by atoms with Gasteiger partial charge in [0.25, 0.3) is 0 Å². The Morgan fingerprint density at radius 1 is 1.71 bits per heavy atom. The summed E-state index contributed by atoms with van der Waals surface area (Å²) in [4.78, 5) is 14.4. The van der Waals surface area contributed by atoms with Crippen LogP contribution in [0.2, 0.25) is 0 Å². The lowest BCUT2D eigenvalue weighted by Gasteiger charge is -2.14. The summed E-state index contributed by atoms with van der Waals surface area (Å²) >= 11 is 0. The van der Waals surface area contributed by atoms with Crippen molar-refractivity contribution in [3.63, 3.8) is 0 Å². The van der Waals surface area contributed by atoms with Gasteiger partial charge in [0, 0.05) is 18.7 Å². The summed E-state index contributed by atoms with van der Waals surface area (Å²) < 4.78 is 0. The van der Waals surface area contributed by atoms with Gasteiger partial charge in [0.05, 0.1) is 5.56 Å². The maximum Gasteiger partial charge on any atom is 0.303 e. The summed E-state index contributed by atoms with van der Waals surface area (Å²) in [5, 5.41) is 20.5.